The number of rotatable bonds is 7. The second-order valence-corrected chi connectivity index (χ2v) is 8.02. The van der Waals surface area contributed by atoms with Gasteiger partial charge in [-0.2, -0.15) is 8.78 Å². The van der Waals surface area contributed by atoms with Crippen molar-refractivity contribution in [2.45, 2.75) is 30.4 Å². The van der Waals surface area contributed by atoms with Crippen molar-refractivity contribution >= 4 is 33.2 Å². The zero-order valence-corrected chi connectivity index (χ0v) is 15.4. The third kappa shape index (κ3) is 5.15. The molecule has 0 bridgehead atoms. The fourth-order valence-corrected chi connectivity index (χ4v) is 3.84. The maximum absolute atomic E-state index is 12.4. The molecule has 27 heavy (non-hydrogen) atoms. The number of hydrogen-bond donors (Lipinski definition) is 2. The summed E-state index contributed by atoms with van der Waals surface area (Å²) >= 11 is 5.85. The molecular weight excluding hydrogens is 402 g/mol. The summed E-state index contributed by atoms with van der Waals surface area (Å²) in [7, 11) is -3.69. The highest BCUT2D eigenvalue weighted by Gasteiger charge is 2.28. The molecule has 2 aromatic carbocycles. The van der Waals surface area contributed by atoms with E-state index in [1.165, 1.54) is 42.5 Å². The first-order valence-corrected chi connectivity index (χ1v) is 9.79. The highest BCUT2D eigenvalue weighted by Crippen LogP contribution is 2.29. The van der Waals surface area contributed by atoms with Gasteiger partial charge in [0.25, 0.3) is 5.91 Å². The molecular formula is C17H15ClF2N2O4S. The molecule has 2 aromatic rings. The fraction of sp³-hybridized carbons (Fsp3) is 0.235. The molecule has 0 aromatic heterocycles. The zero-order valence-electron chi connectivity index (χ0n) is 13.8. The molecule has 1 aliphatic rings. The fourth-order valence-electron chi connectivity index (χ4n) is 2.27. The number of amides is 1. The van der Waals surface area contributed by atoms with E-state index in [0.29, 0.717) is 0 Å². The van der Waals surface area contributed by atoms with Crippen molar-refractivity contribution in [3.8, 4) is 5.75 Å². The Morgan fingerprint density at radius 3 is 2.56 bits per heavy atom. The van der Waals surface area contributed by atoms with E-state index in [2.05, 4.69) is 14.8 Å². The maximum Gasteiger partial charge on any atom is 0.387 e. The second kappa shape index (κ2) is 7.79. The molecule has 6 nitrogen and oxygen atoms in total. The minimum Gasteiger partial charge on any atom is -0.433 e. The summed E-state index contributed by atoms with van der Waals surface area (Å²) in [6.45, 7) is -3.02. The van der Waals surface area contributed by atoms with E-state index in [-0.39, 0.29) is 33.0 Å². The van der Waals surface area contributed by atoms with E-state index in [4.69, 9.17) is 11.6 Å². The van der Waals surface area contributed by atoms with E-state index < -0.39 is 22.5 Å². The summed E-state index contributed by atoms with van der Waals surface area (Å²) in [5.41, 5.74) is 0.369. The number of ether oxygens (including phenoxy) is 1. The lowest BCUT2D eigenvalue weighted by Gasteiger charge is -2.10. The monoisotopic (exact) mass is 416 g/mol. The average molecular weight is 417 g/mol. The Balaban J connectivity index is 1.74. The molecule has 3 rings (SSSR count). The lowest BCUT2D eigenvalue weighted by atomic mass is 10.2. The number of nitrogens with one attached hydrogen (secondary N) is 2. The molecule has 0 aliphatic heterocycles. The largest absolute Gasteiger partial charge is 0.433 e. The van der Waals surface area contributed by atoms with E-state index in [1.54, 1.807) is 0 Å². The zero-order chi connectivity index (χ0) is 19.6. The quantitative estimate of drug-likeness (QED) is 0.721. The van der Waals surface area contributed by atoms with Crippen molar-refractivity contribution in [3.05, 3.63) is 53.1 Å². The maximum atomic E-state index is 12.4. The van der Waals surface area contributed by atoms with E-state index >= 15 is 0 Å². The van der Waals surface area contributed by atoms with Gasteiger partial charge in [-0.3, -0.25) is 4.79 Å². The van der Waals surface area contributed by atoms with Crippen LogP contribution in [0, 0.1) is 0 Å². The number of carbonyl (C=O) groups is 1. The van der Waals surface area contributed by atoms with Crippen molar-refractivity contribution in [1.29, 1.82) is 0 Å². The minimum absolute atomic E-state index is 0.0132. The molecule has 144 valence electrons. The number of anilines is 1. The van der Waals surface area contributed by atoms with Gasteiger partial charge in [0, 0.05) is 17.3 Å². The summed E-state index contributed by atoms with van der Waals surface area (Å²) in [6.07, 6.45) is 1.59. The van der Waals surface area contributed by atoms with Crippen LogP contribution in [0.5, 0.6) is 5.75 Å². The summed E-state index contributed by atoms with van der Waals surface area (Å²) in [5, 5.41) is 2.43. The molecule has 1 amide bonds. The molecule has 10 heteroatoms. The standard InChI is InChI=1S/C17H15ClF2N2O4S/c18-14-9-12(6-7-15(14)26-17(19)20)21-16(23)10-2-1-3-13(8-10)27(24,25)22-11-4-5-11/h1-3,6-9,11,17,22H,4-5H2,(H,21,23). The Kier molecular flexibility index (Phi) is 5.64. The molecule has 0 radical (unpaired) electrons. The summed E-state index contributed by atoms with van der Waals surface area (Å²) in [4.78, 5) is 12.4. The second-order valence-electron chi connectivity index (χ2n) is 5.90. The van der Waals surface area contributed by atoms with Crippen LogP contribution >= 0.6 is 11.6 Å². The molecule has 0 atom stereocenters. The number of halogens is 3. The Labute approximate surface area is 159 Å². The van der Waals surface area contributed by atoms with Crippen LogP contribution in [0.15, 0.2) is 47.4 Å². The number of sulfonamides is 1. The van der Waals surface area contributed by atoms with Crippen LogP contribution in [0.1, 0.15) is 23.2 Å². The minimum atomic E-state index is -3.69. The van der Waals surface area contributed by atoms with Crippen molar-refractivity contribution in [1.82, 2.24) is 4.72 Å². The number of hydrogen-bond acceptors (Lipinski definition) is 4. The summed E-state index contributed by atoms with van der Waals surface area (Å²) < 4.78 is 55.8. The summed E-state index contributed by atoms with van der Waals surface area (Å²) in [6, 6.07) is 9.33. The predicted octanol–water partition coefficient (Wildman–Crippen LogP) is 3.63. The molecule has 1 aliphatic carbocycles. The summed E-state index contributed by atoms with van der Waals surface area (Å²) in [5.74, 6) is -0.791. The Bertz CT molecular complexity index is 965. The lowest BCUT2D eigenvalue weighted by Crippen LogP contribution is -2.26. The van der Waals surface area contributed by atoms with Crippen LogP contribution < -0.4 is 14.8 Å². The van der Waals surface area contributed by atoms with Crippen LogP contribution in [0.25, 0.3) is 0 Å². The third-order valence-corrected chi connectivity index (χ3v) is 5.53. The molecule has 0 unspecified atom stereocenters. The van der Waals surface area contributed by atoms with Crippen molar-refractivity contribution < 1.29 is 26.7 Å². The SMILES string of the molecule is O=C(Nc1ccc(OC(F)F)c(Cl)c1)c1cccc(S(=O)(=O)NC2CC2)c1. The Morgan fingerprint density at radius 2 is 1.93 bits per heavy atom. The van der Waals surface area contributed by atoms with Gasteiger partial charge < -0.3 is 10.1 Å². The van der Waals surface area contributed by atoms with Crippen molar-refractivity contribution in [2.75, 3.05) is 5.32 Å². The Hall–Kier alpha value is -2.23. The molecule has 1 saturated carbocycles. The molecule has 0 saturated heterocycles. The predicted molar refractivity (Wildman–Crippen MR) is 95.8 cm³/mol. The number of benzene rings is 2. The van der Waals surface area contributed by atoms with Crippen molar-refractivity contribution in [2.24, 2.45) is 0 Å². The van der Waals surface area contributed by atoms with E-state index in [1.807, 2.05) is 0 Å². The van der Waals surface area contributed by atoms with E-state index in [0.717, 1.165) is 12.8 Å². The molecule has 1 fully saturated rings. The van der Waals surface area contributed by atoms with Gasteiger partial charge in [0.1, 0.15) is 5.75 Å². The van der Waals surface area contributed by atoms with Crippen LogP contribution in [0.3, 0.4) is 0 Å². The van der Waals surface area contributed by atoms with Crippen LogP contribution in [0.2, 0.25) is 5.02 Å². The third-order valence-electron chi connectivity index (χ3n) is 3.71. The molecule has 0 heterocycles. The topological polar surface area (TPSA) is 84.5 Å². The highest BCUT2D eigenvalue weighted by molar-refractivity contribution is 7.89. The molecule has 0 spiro atoms. The van der Waals surface area contributed by atoms with Gasteiger partial charge in [0.2, 0.25) is 10.0 Å². The first-order valence-electron chi connectivity index (χ1n) is 7.93. The number of carbonyl (C=O) groups excluding carboxylic acids is 1. The highest BCUT2D eigenvalue weighted by atomic mass is 35.5. The van der Waals surface area contributed by atoms with Crippen LogP contribution in [0.4, 0.5) is 14.5 Å². The van der Waals surface area contributed by atoms with Gasteiger partial charge in [0.05, 0.1) is 9.92 Å². The first kappa shape index (κ1) is 19.5. The van der Waals surface area contributed by atoms with Gasteiger partial charge in [-0.25, -0.2) is 13.1 Å². The number of alkyl halides is 2. The van der Waals surface area contributed by atoms with Gasteiger partial charge in [-0.15, -0.1) is 0 Å². The van der Waals surface area contributed by atoms with Crippen molar-refractivity contribution in [3.63, 3.8) is 0 Å². The van der Waals surface area contributed by atoms with Gasteiger partial charge >= 0.3 is 6.61 Å². The van der Waals surface area contributed by atoms with Gasteiger partial charge in [-0.1, -0.05) is 17.7 Å². The average Bonchev–Trinajstić information content (AvgIpc) is 3.40. The van der Waals surface area contributed by atoms with Crippen LogP contribution in [-0.2, 0) is 10.0 Å². The van der Waals surface area contributed by atoms with E-state index in [9.17, 15) is 22.0 Å². The first-order chi connectivity index (χ1) is 12.7. The van der Waals surface area contributed by atoms with Crippen LogP contribution in [-0.4, -0.2) is 27.0 Å². The smallest absolute Gasteiger partial charge is 0.387 e. The molecule has 2 N–H and O–H groups in total. The Morgan fingerprint density at radius 1 is 1.19 bits per heavy atom. The van der Waals surface area contributed by atoms with Gasteiger partial charge in [0.15, 0.2) is 0 Å². The lowest BCUT2D eigenvalue weighted by molar-refractivity contribution is -0.0497. The normalized spacial score (nSPS) is 14.2. The van der Waals surface area contributed by atoms with Gasteiger partial charge in [-0.05, 0) is 49.2 Å².